The summed E-state index contributed by atoms with van der Waals surface area (Å²) in [5.41, 5.74) is 11.8. The molecule has 0 unspecified atom stereocenters. The number of anilines is 6. The van der Waals surface area contributed by atoms with Crippen molar-refractivity contribution in [2.45, 2.75) is 5.41 Å². The van der Waals surface area contributed by atoms with Crippen LogP contribution < -0.4 is 9.80 Å². The summed E-state index contributed by atoms with van der Waals surface area (Å²) in [7, 11) is 0. The van der Waals surface area contributed by atoms with Crippen molar-refractivity contribution in [3.63, 3.8) is 0 Å². The Labute approximate surface area is 359 Å². The maximum Gasteiger partial charge on any atom is 0.142 e. The highest BCUT2D eigenvalue weighted by molar-refractivity contribution is 6.09. The maximum atomic E-state index is 9.79. The zero-order valence-corrected chi connectivity index (χ0v) is 33.5. The lowest BCUT2D eigenvalue weighted by Crippen LogP contribution is -2.38. The number of aromatic nitrogens is 2. The van der Waals surface area contributed by atoms with Crippen molar-refractivity contribution < 1.29 is 0 Å². The molecule has 3 heterocycles. The van der Waals surface area contributed by atoms with Gasteiger partial charge in [0.1, 0.15) is 11.6 Å². The van der Waals surface area contributed by atoms with Crippen molar-refractivity contribution in [2.75, 3.05) is 9.80 Å². The fraction of sp³-hybridized carbons (Fsp3) is 0.0179. The lowest BCUT2D eigenvalue weighted by molar-refractivity contribution is 0.730. The molecule has 290 valence electrons. The third kappa shape index (κ3) is 5.67. The minimum absolute atomic E-state index is 0.566. The average molecular weight is 793 g/mol. The summed E-state index contributed by atoms with van der Waals surface area (Å²) in [4.78, 5) is 10.2. The molecule has 0 radical (unpaired) electrons. The second-order valence-corrected chi connectivity index (χ2v) is 15.4. The molecule has 0 N–H and O–H groups in total. The largest absolute Gasteiger partial charge is 0.310 e. The van der Waals surface area contributed by atoms with E-state index in [4.69, 9.17) is 4.98 Å². The molecular weight excluding hydrogens is 757 g/mol. The van der Waals surface area contributed by atoms with Crippen molar-refractivity contribution in [1.82, 2.24) is 9.55 Å². The Morgan fingerprint density at radius 2 is 0.839 bits per heavy atom. The molecule has 6 nitrogen and oxygen atoms in total. The quantitative estimate of drug-likeness (QED) is 0.161. The van der Waals surface area contributed by atoms with Gasteiger partial charge in [-0.05, 0) is 95.1 Å². The van der Waals surface area contributed by atoms with E-state index in [1.807, 2.05) is 48.5 Å². The topological polar surface area (TPSA) is 71.9 Å². The van der Waals surface area contributed by atoms with E-state index in [-0.39, 0.29) is 0 Å². The van der Waals surface area contributed by atoms with E-state index in [2.05, 4.69) is 196 Å². The fourth-order valence-electron chi connectivity index (χ4n) is 9.49. The molecule has 1 aliphatic rings. The highest BCUT2D eigenvalue weighted by Crippen LogP contribution is 2.57. The van der Waals surface area contributed by atoms with Gasteiger partial charge in [-0.2, -0.15) is 10.5 Å². The van der Waals surface area contributed by atoms with Gasteiger partial charge in [-0.1, -0.05) is 133 Å². The van der Waals surface area contributed by atoms with Crippen LogP contribution in [0.2, 0.25) is 0 Å². The first-order valence-electron chi connectivity index (χ1n) is 20.6. The molecule has 6 heteroatoms. The molecule has 0 fully saturated rings. The normalized spacial score (nSPS) is 12.6. The van der Waals surface area contributed by atoms with Crippen molar-refractivity contribution in [3.05, 3.63) is 252 Å². The molecule has 0 saturated carbocycles. The van der Waals surface area contributed by atoms with E-state index in [1.165, 1.54) is 11.1 Å². The summed E-state index contributed by atoms with van der Waals surface area (Å²) in [5.74, 6) is 1.46. The summed E-state index contributed by atoms with van der Waals surface area (Å²) >= 11 is 0. The average Bonchev–Trinajstić information content (AvgIpc) is 3.68. The second kappa shape index (κ2) is 14.8. The maximum absolute atomic E-state index is 9.79. The number of benzene rings is 8. The zero-order valence-electron chi connectivity index (χ0n) is 33.5. The third-order valence-corrected chi connectivity index (χ3v) is 12.1. The molecule has 0 amide bonds. The van der Waals surface area contributed by atoms with Gasteiger partial charge in [0.2, 0.25) is 0 Å². The van der Waals surface area contributed by atoms with Gasteiger partial charge in [0.25, 0.3) is 0 Å². The van der Waals surface area contributed by atoms with E-state index >= 15 is 0 Å². The number of hydrogen-bond donors (Lipinski definition) is 0. The third-order valence-electron chi connectivity index (χ3n) is 12.1. The van der Waals surface area contributed by atoms with Crippen LogP contribution in [0.3, 0.4) is 0 Å². The van der Waals surface area contributed by atoms with Gasteiger partial charge in [-0.25, -0.2) is 4.98 Å². The van der Waals surface area contributed by atoms with Crippen molar-refractivity contribution in [2.24, 2.45) is 0 Å². The van der Waals surface area contributed by atoms with Crippen LogP contribution in [0.5, 0.6) is 0 Å². The molecule has 62 heavy (non-hydrogen) atoms. The number of nitriles is 2. The van der Waals surface area contributed by atoms with E-state index in [9.17, 15) is 10.5 Å². The Bertz CT molecular complexity index is 3180. The fourth-order valence-corrected chi connectivity index (χ4v) is 9.49. The van der Waals surface area contributed by atoms with Gasteiger partial charge >= 0.3 is 0 Å². The minimum atomic E-state index is -0.642. The van der Waals surface area contributed by atoms with Crippen LogP contribution in [-0.2, 0) is 5.41 Å². The van der Waals surface area contributed by atoms with E-state index in [0.717, 1.165) is 73.0 Å². The van der Waals surface area contributed by atoms with Crippen LogP contribution in [0.1, 0.15) is 33.4 Å². The molecule has 1 aliphatic heterocycles. The van der Waals surface area contributed by atoms with Gasteiger partial charge in [-0.3, -0.25) is 9.47 Å². The van der Waals surface area contributed by atoms with Gasteiger partial charge in [0, 0.05) is 34.3 Å². The first-order chi connectivity index (χ1) is 30.7. The summed E-state index contributed by atoms with van der Waals surface area (Å²) < 4.78 is 2.26. The highest BCUT2D eigenvalue weighted by atomic mass is 15.2. The predicted octanol–water partition coefficient (Wildman–Crippen LogP) is 13.6. The predicted molar refractivity (Wildman–Crippen MR) is 249 cm³/mol. The first kappa shape index (κ1) is 36.4. The van der Waals surface area contributed by atoms with E-state index in [0.29, 0.717) is 11.1 Å². The molecular formula is C56H36N6. The van der Waals surface area contributed by atoms with Crippen molar-refractivity contribution >= 4 is 56.1 Å². The minimum Gasteiger partial charge on any atom is -0.310 e. The number of pyridine rings is 1. The molecule has 10 aromatic rings. The Morgan fingerprint density at radius 1 is 0.419 bits per heavy atom. The first-order valence-corrected chi connectivity index (χ1v) is 20.6. The monoisotopic (exact) mass is 792 g/mol. The molecule has 0 saturated heterocycles. The number of rotatable bonds is 7. The van der Waals surface area contributed by atoms with Gasteiger partial charge in [0.15, 0.2) is 0 Å². The van der Waals surface area contributed by atoms with Gasteiger partial charge in [-0.15, -0.1) is 0 Å². The molecule has 8 aromatic carbocycles. The Balaban J connectivity index is 1.24. The second-order valence-electron chi connectivity index (χ2n) is 15.4. The van der Waals surface area contributed by atoms with E-state index < -0.39 is 5.41 Å². The molecule has 11 rings (SSSR count). The summed E-state index contributed by atoms with van der Waals surface area (Å²) in [6.07, 6.45) is 0. The smallest absolute Gasteiger partial charge is 0.142 e. The van der Waals surface area contributed by atoms with Gasteiger partial charge in [0.05, 0.1) is 56.8 Å². The summed E-state index contributed by atoms with van der Waals surface area (Å²) in [5, 5.41) is 21.8. The van der Waals surface area contributed by atoms with Crippen LogP contribution >= 0.6 is 0 Å². The standard InChI is InChI=1S/C56H36N6/c57-37-39-27-31-43(32-28-39)60(44-33-29-40(38-58)30-34-44)45-35-54(61-50-23-11-7-19-46(50)47-20-8-12-24-51(47)61)59-55(36-45)62-52-25-13-9-21-48(52)56(41-15-3-1-4-16-41,42-17-5-2-6-18-42)49-22-10-14-26-53(49)62/h1-36H. The van der Waals surface area contributed by atoms with Crippen LogP contribution in [0.15, 0.2) is 218 Å². The Hall–Kier alpha value is -8.71. The van der Waals surface area contributed by atoms with Crippen LogP contribution in [0, 0.1) is 22.7 Å². The summed E-state index contributed by atoms with van der Waals surface area (Å²) in [6, 6.07) is 80.1. The molecule has 2 aromatic heterocycles. The molecule has 0 bridgehead atoms. The van der Waals surface area contributed by atoms with Crippen LogP contribution in [0.4, 0.5) is 34.3 Å². The summed E-state index contributed by atoms with van der Waals surface area (Å²) in [6.45, 7) is 0. The highest BCUT2D eigenvalue weighted by Gasteiger charge is 2.46. The van der Waals surface area contributed by atoms with Crippen LogP contribution in [-0.4, -0.2) is 9.55 Å². The molecule has 0 aliphatic carbocycles. The Kier molecular flexibility index (Phi) is 8.70. The lowest BCUT2D eigenvalue weighted by atomic mass is 9.62. The van der Waals surface area contributed by atoms with Gasteiger partial charge < -0.3 is 4.90 Å². The number of para-hydroxylation sites is 4. The zero-order chi connectivity index (χ0) is 41.6. The number of nitrogens with zero attached hydrogens (tertiary/aromatic N) is 6. The van der Waals surface area contributed by atoms with Crippen LogP contribution in [0.25, 0.3) is 27.6 Å². The van der Waals surface area contributed by atoms with Crippen molar-refractivity contribution in [1.29, 1.82) is 10.5 Å². The SMILES string of the molecule is N#Cc1ccc(N(c2ccc(C#N)cc2)c2cc(N3c4ccccc4C(c4ccccc4)(c4ccccc4)c4ccccc43)nc(-n3c4ccccc4c4ccccc43)c2)cc1. The molecule has 0 spiro atoms. The lowest BCUT2D eigenvalue weighted by Gasteiger charge is -2.46. The Morgan fingerprint density at radius 3 is 1.32 bits per heavy atom. The molecule has 0 atom stereocenters. The van der Waals surface area contributed by atoms with Crippen molar-refractivity contribution in [3.8, 4) is 18.0 Å². The number of fused-ring (bicyclic) bond motifs is 5. The van der Waals surface area contributed by atoms with E-state index in [1.54, 1.807) is 0 Å². The number of hydrogen-bond acceptors (Lipinski definition) is 5.